The summed E-state index contributed by atoms with van der Waals surface area (Å²) >= 11 is 6.16. The van der Waals surface area contributed by atoms with Crippen LogP contribution in [0.15, 0.2) is 65.7 Å². The molecule has 0 aliphatic rings. The lowest BCUT2D eigenvalue weighted by molar-refractivity contribution is 0.102. The van der Waals surface area contributed by atoms with Crippen LogP contribution in [0.3, 0.4) is 0 Å². The molecular weight excluding hydrogens is 400 g/mol. The second-order valence-corrected chi connectivity index (χ2v) is 8.28. The Morgan fingerprint density at radius 1 is 1.18 bits per heavy atom. The van der Waals surface area contributed by atoms with Gasteiger partial charge < -0.3 is 5.32 Å². The number of nitrogens with one attached hydrogen (secondary N) is 1. The average molecular weight is 419 g/mol. The molecule has 0 saturated carbocycles. The van der Waals surface area contributed by atoms with Crippen molar-refractivity contribution in [2.75, 3.05) is 16.7 Å². The van der Waals surface area contributed by atoms with Crippen LogP contribution in [0.1, 0.15) is 17.3 Å². The minimum Gasteiger partial charge on any atom is -0.307 e. The summed E-state index contributed by atoms with van der Waals surface area (Å²) in [6, 6.07) is 14.4. The van der Waals surface area contributed by atoms with Crippen LogP contribution < -0.4 is 9.62 Å². The summed E-state index contributed by atoms with van der Waals surface area (Å²) < 4.78 is 28.8. The molecule has 146 valence electrons. The molecule has 1 amide bonds. The molecule has 0 aliphatic heterocycles. The Hall–Kier alpha value is -2.84. The number of para-hydroxylation sites is 1. The van der Waals surface area contributed by atoms with Gasteiger partial charge in [0.2, 0.25) is 0 Å². The topological polar surface area (TPSA) is 84.3 Å². The average Bonchev–Trinajstić information content (AvgIpc) is 3.15. The van der Waals surface area contributed by atoms with Crippen molar-refractivity contribution in [1.29, 1.82) is 0 Å². The van der Waals surface area contributed by atoms with Gasteiger partial charge in [-0.05, 0) is 37.3 Å². The highest BCUT2D eigenvalue weighted by Gasteiger charge is 2.25. The zero-order chi connectivity index (χ0) is 20.3. The van der Waals surface area contributed by atoms with E-state index in [2.05, 4.69) is 10.4 Å². The van der Waals surface area contributed by atoms with Crippen molar-refractivity contribution in [3.8, 4) is 0 Å². The Balaban J connectivity index is 1.94. The Bertz CT molecular complexity index is 1100. The molecule has 0 fully saturated rings. The molecule has 2 aromatic carbocycles. The maximum atomic E-state index is 13.0. The van der Waals surface area contributed by atoms with Gasteiger partial charge in [-0.15, -0.1) is 0 Å². The van der Waals surface area contributed by atoms with Crippen LogP contribution in [0.5, 0.6) is 0 Å². The van der Waals surface area contributed by atoms with Gasteiger partial charge in [0.15, 0.2) is 0 Å². The number of carbonyl (C=O) groups excluding carboxylic acids is 1. The van der Waals surface area contributed by atoms with Crippen molar-refractivity contribution in [2.45, 2.75) is 18.4 Å². The van der Waals surface area contributed by atoms with E-state index in [1.807, 2.05) is 6.92 Å². The monoisotopic (exact) mass is 418 g/mol. The molecule has 1 heterocycles. The number of aromatic nitrogens is 2. The number of nitrogens with zero attached hydrogens (tertiary/aromatic N) is 3. The van der Waals surface area contributed by atoms with Gasteiger partial charge in [0.1, 0.15) is 10.7 Å². The van der Waals surface area contributed by atoms with Crippen LogP contribution in [0.2, 0.25) is 5.02 Å². The molecule has 0 atom stereocenters. The Kier molecular flexibility index (Phi) is 5.71. The van der Waals surface area contributed by atoms with Gasteiger partial charge in [0.05, 0.1) is 16.9 Å². The highest BCUT2D eigenvalue weighted by Crippen LogP contribution is 2.28. The largest absolute Gasteiger partial charge is 0.307 e. The summed E-state index contributed by atoms with van der Waals surface area (Å²) in [6.45, 7) is 2.49. The number of hydrogen-bond acceptors (Lipinski definition) is 4. The molecule has 0 aliphatic carbocycles. The molecular formula is C19H19ClN4O3S. The van der Waals surface area contributed by atoms with Crippen LogP contribution in [-0.4, -0.2) is 31.2 Å². The fourth-order valence-electron chi connectivity index (χ4n) is 2.65. The number of amides is 1. The number of anilines is 2. The van der Waals surface area contributed by atoms with Crippen molar-refractivity contribution >= 4 is 39.0 Å². The number of rotatable bonds is 6. The number of benzene rings is 2. The van der Waals surface area contributed by atoms with Crippen LogP contribution in [0.4, 0.5) is 11.5 Å². The molecule has 28 heavy (non-hydrogen) atoms. The second kappa shape index (κ2) is 8.04. The Labute approximate surface area is 168 Å². The van der Waals surface area contributed by atoms with E-state index < -0.39 is 15.9 Å². The zero-order valence-corrected chi connectivity index (χ0v) is 16.9. The van der Waals surface area contributed by atoms with Crippen LogP contribution in [0, 0.1) is 0 Å². The van der Waals surface area contributed by atoms with E-state index in [0.29, 0.717) is 18.1 Å². The second-order valence-electron chi connectivity index (χ2n) is 5.94. The summed E-state index contributed by atoms with van der Waals surface area (Å²) in [5.41, 5.74) is 0.661. The van der Waals surface area contributed by atoms with E-state index in [1.54, 1.807) is 47.3 Å². The fraction of sp³-hybridized carbons (Fsp3) is 0.158. The summed E-state index contributed by atoms with van der Waals surface area (Å²) in [5, 5.41) is 6.85. The highest BCUT2D eigenvalue weighted by molar-refractivity contribution is 7.93. The van der Waals surface area contributed by atoms with Gasteiger partial charge in [0.25, 0.3) is 15.9 Å². The summed E-state index contributed by atoms with van der Waals surface area (Å²) in [4.78, 5) is 12.5. The van der Waals surface area contributed by atoms with E-state index in [0.717, 1.165) is 4.31 Å². The van der Waals surface area contributed by atoms with Crippen molar-refractivity contribution in [3.63, 3.8) is 0 Å². The number of carbonyl (C=O) groups is 1. The van der Waals surface area contributed by atoms with Crippen molar-refractivity contribution in [1.82, 2.24) is 9.78 Å². The minimum absolute atomic E-state index is 0.0398. The van der Waals surface area contributed by atoms with Gasteiger partial charge in [-0.25, -0.2) is 13.1 Å². The molecule has 9 heteroatoms. The Morgan fingerprint density at radius 2 is 1.89 bits per heavy atom. The molecule has 0 unspecified atom stereocenters. The van der Waals surface area contributed by atoms with Gasteiger partial charge in [-0.1, -0.05) is 29.8 Å². The summed E-state index contributed by atoms with van der Waals surface area (Å²) in [6.07, 6.45) is 1.58. The van der Waals surface area contributed by atoms with Crippen LogP contribution in [0.25, 0.3) is 0 Å². The summed E-state index contributed by atoms with van der Waals surface area (Å²) in [7, 11) is -2.51. The first-order chi connectivity index (χ1) is 13.3. The van der Waals surface area contributed by atoms with E-state index in [9.17, 15) is 13.2 Å². The number of aryl methyl sites for hydroxylation is 1. The lowest BCUT2D eigenvalue weighted by Gasteiger charge is -2.20. The van der Waals surface area contributed by atoms with Gasteiger partial charge in [-0.3, -0.25) is 9.10 Å². The lowest BCUT2D eigenvalue weighted by Crippen LogP contribution is -2.27. The minimum atomic E-state index is -3.95. The van der Waals surface area contributed by atoms with Crippen molar-refractivity contribution in [3.05, 3.63) is 71.4 Å². The maximum absolute atomic E-state index is 13.0. The quantitative estimate of drug-likeness (QED) is 0.662. The van der Waals surface area contributed by atoms with Crippen LogP contribution in [-0.2, 0) is 16.6 Å². The SMILES string of the molecule is CCn1nccc1NC(=O)c1ccc(Cl)c(S(=O)(=O)N(C)c2ccccc2)c1. The smallest absolute Gasteiger partial charge is 0.265 e. The molecule has 0 saturated heterocycles. The normalized spacial score (nSPS) is 11.2. The van der Waals surface area contributed by atoms with Crippen LogP contribution >= 0.6 is 11.6 Å². The molecule has 7 nitrogen and oxygen atoms in total. The van der Waals surface area contributed by atoms with Crippen molar-refractivity contribution < 1.29 is 13.2 Å². The van der Waals surface area contributed by atoms with E-state index in [-0.39, 0.29) is 15.5 Å². The lowest BCUT2D eigenvalue weighted by atomic mass is 10.2. The van der Waals surface area contributed by atoms with Crippen molar-refractivity contribution in [2.24, 2.45) is 0 Å². The third kappa shape index (κ3) is 3.88. The first-order valence-corrected chi connectivity index (χ1v) is 10.3. The van der Waals surface area contributed by atoms with Gasteiger partial charge in [0, 0.05) is 25.2 Å². The molecule has 1 aromatic heterocycles. The number of sulfonamides is 1. The molecule has 0 radical (unpaired) electrons. The molecule has 1 N–H and O–H groups in total. The zero-order valence-electron chi connectivity index (χ0n) is 15.3. The van der Waals surface area contributed by atoms with E-state index in [1.165, 1.54) is 25.2 Å². The molecule has 3 rings (SSSR count). The van der Waals surface area contributed by atoms with Gasteiger partial charge >= 0.3 is 0 Å². The number of halogens is 1. The third-order valence-electron chi connectivity index (χ3n) is 4.21. The summed E-state index contributed by atoms with van der Waals surface area (Å²) in [5.74, 6) is 0.0685. The fourth-order valence-corrected chi connectivity index (χ4v) is 4.34. The maximum Gasteiger partial charge on any atom is 0.265 e. The van der Waals surface area contributed by atoms with Gasteiger partial charge in [-0.2, -0.15) is 5.10 Å². The predicted molar refractivity (Wildman–Crippen MR) is 109 cm³/mol. The standard InChI is InChI=1S/C19H19ClN4O3S/c1-3-24-18(11-12-21-24)22-19(25)14-9-10-16(20)17(13-14)28(26,27)23(2)15-7-5-4-6-8-15/h4-13H,3H2,1-2H3,(H,22,25). The Morgan fingerprint density at radius 3 is 2.57 bits per heavy atom. The first-order valence-electron chi connectivity index (χ1n) is 8.51. The molecule has 0 bridgehead atoms. The predicted octanol–water partition coefficient (Wildman–Crippen LogP) is 3.63. The third-order valence-corrected chi connectivity index (χ3v) is 6.48. The first kappa shape index (κ1) is 19.9. The van der Waals surface area contributed by atoms with E-state index >= 15 is 0 Å². The number of hydrogen-bond donors (Lipinski definition) is 1. The molecule has 0 spiro atoms. The highest BCUT2D eigenvalue weighted by atomic mass is 35.5. The molecule has 3 aromatic rings. The van der Waals surface area contributed by atoms with E-state index in [4.69, 9.17) is 11.6 Å².